The highest BCUT2D eigenvalue weighted by Gasteiger charge is 2.47. The molecule has 3 aromatic carbocycles. The summed E-state index contributed by atoms with van der Waals surface area (Å²) in [4.78, 5) is 15.8. The number of allylic oxidation sites excluding steroid dienone is 5. The Morgan fingerprint density at radius 1 is 0.780 bits per heavy atom. The van der Waals surface area contributed by atoms with Crippen LogP contribution in [0.1, 0.15) is 95.8 Å². The summed E-state index contributed by atoms with van der Waals surface area (Å²) < 4.78 is 97.6. The Bertz CT molecular complexity index is 2470. The van der Waals surface area contributed by atoms with E-state index in [9.17, 15) is 39.9 Å². The van der Waals surface area contributed by atoms with Crippen molar-refractivity contribution in [2.75, 3.05) is 29.0 Å². The van der Waals surface area contributed by atoms with Crippen LogP contribution in [0.5, 0.6) is 0 Å². The first kappa shape index (κ1) is 44.9. The van der Waals surface area contributed by atoms with Crippen molar-refractivity contribution in [2.45, 2.75) is 84.6 Å². The van der Waals surface area contributed by atoms with Crippen molar-refractivity contribution in [3.8, 4) is 0 Å². The molecule has 316 valence electrons. The monoisotopic (exact) mass is 852 g/mol. The molecule has 0 fully saturated rings. The zero-order valence-electron chi connectivity index (χ0n) is 34.3. The normalized spacial score (nSPS) is 17.9. The maximum Gasteiger partial charge on any atom is 0.516 e. The zero-order valence-corrected chi connectivity index (χ0v) is 35.9. The van der Waals surface area contributed by atoms with Crippen LogP contribution < -0.4 is 19.5 Å². The Labute approximate surface area is 345 Å². The molecule has 5 rings (SSSR count). The standard InChI is InChI=1S/C44H51F3N4O6S2/c1-8-24-50(32-16-12-30(13-17-32)28(5)10-3)34-20-22-36(38(26-34)48-58(7,54)55)40-42(52)41(43(40)53)37-23-21-35(27-39(37)49-59(56,57)44(45,46)47)51(25-9-2)33-18-14-31(15-19-33)29(6)11-4/h12-23,26-29H,8-11,24-25H2,1-7H3,(H2,48,49,52,53). The van der Waals surface area contributed by atoms with E-state index in [4.69, 9.17) is 0 Å². The second kappa shape index (κ2) is 18.0. The maximum atomic E-state index is 14.0. The minimum absolute atomic E-state index is 0.0366. The number of halogens is 3. The van der Waals surface area contributed by atoms with E-state index in [2.05, 4.69) is 32.4 Å². The molecule has 0 bridgehead atoms. The van der Waals surface area contributed by atoms with E-state index < -0.39 is 53.9 Å². The lowest BCUT2D eigenvalue weighted by atomic mass is 9.79. The molecule has 0 aliphatic heterocycles. The lowest BCUT2D eigenvalue weighted by molar-refractivity contribution is -0.439. The highest BCUT2D eigenvalue weighted by molar-refractivity contribution is 7.93. The van der Waals surface area contributed by atoms with E-state index in [0.29, 0.717) is 48.4 Å². The van der Waals surface area contributed by atoms with Gasteiger partial charge in [-0.1, -0.05) is 77.6 Å². The van der Waals surface area contributed by atoms with Crippen molar-refractivity contribution in [1.82, 2.24) is 4.72 Å². The third kappa shape index (κ3) is 9.84. The van der Waals surface area contributed by atoms with E-state index >= 15 is 0 Å². The molecule has 0 heterocycles. The number of anilines is 3. The predicted octanol–water partition coefficient (Wildman–Crippen LogP) is 8.67. The summed E-state index contributed by atoms with van der Waals surface area (Å²) in [7, 11) is -9.94. The maximum absolute atomic E-state index is 14.0. The lowest BCUT2D eigenvalue weighted by Gasteiger charge is -2.34. The fourth-order valence-corrected chi connectivity index (χ4v) is 8.13. The Hall–Kier alpha value is -5.15. The van der Waals surface area contributed by atoms with Gasteiger partial charge in [0.1, 0.15) is 6.54 Å². The highest BCUT2D eigenvalue weighted by Crippen LogP contribution is 2.44. The molecule has 2 aliphatic carbocycles. The second-order valence-corrected chi connectivity index (χ2v) is 18.3. The number of ketones is 1. The van der Waals surface area contributed by atoms with Gasteiger partial charge >= 0.3 is 15.5 Å². The molecule has 2 aliphatic rings. The van der Waals surface area contributed by atoms with Crippen LogP contribution in [0.15, 0.2) is 108 Å². The Balaban J connectivity index is 1.65. The number of hydrogen-bond donors (Lipinski definition) is 2. The lowest BCUT2D eigenvalue weighted by Crippen LogP contribution is -2.34. The van der Waals surface area contributed by atoms with Gasteiger partial charge in [0.15, 0.2) is 5.78 Å². The summed E-state index contributed by atoms with van der Waals surface area (Å²) in [5.74, 6) is -1.13. The minimum atomic E-state index is -6.00. The van der Waals surface area contributed by atoms with E-state index in [1.165, 1.54) is 35.9 Å². The summed E-state index contributed by atoms with van der Waals surface area (Å²) >= 11 is 0. The first-order valence-corrected chi connectivity index (χ1v) is 23.1. The van der Waals surface area contributed by atoms with Crippen molar-refractivity contribution < 1.29 is 44.5 Å². The van der Waals surface area contributed by atoms with E-state index in [0.717, 1.165) is 36.8 Å². The zero-order chi connectivity index (χ0) is 43.4. The number of nitrogens with zero attached hydrogens (tertiary/aromatic N) is 2. The quantitative estimate of drug-likeness (QED) is 0.109. The van der Waals surface area contributed by atoms with Crippen LogP contribution in [-0.2, 0) is 24.8 Å². The number of Topliss-reactive ketones (excluding diaryl/α,β-unsaturated/α-hetero) is 1. The van der Waals surface area contributed by atoms with Gasteiger partial charge in [0.05, 0.1) is 17.6 Å². The fourth-order valence-electron chi connectivity index (χ4n) is 6.99. The summed E-state index contributed by atoms with van der Waals surface area (Å²) in [5, 5.41) is 14.0. The molecule has 0 amide bonds. The van der Waals surface area contributed by atoms with Crippen molar-refractivity contribution >= 4 is 59.9 Å². The molecule has 0 radical (unpaired) electrons. The first-order chi connectivity index (χ1) is 27.7. The SMILES string of the molecule is CCCN(c1ccc(C(C)CC)cc1)c1ccc(C2=C([O-])/C(=C3C=C/C(=[N+](\CCC)c4ccc(C(C)CC)cc4)C=C/3NS(C)(=O)=O)C2=O)c(NS(=O)(=O)C(F)(F)F)c1. The van der Waals surface area contributed by atoms with Gasteiger partial charge in [-0.25, -0.2) is 8.42 Å². The largest absolute Gasteiger partial charge is 0.871 e. The third-order valence-electron chi connectivity index (χ3n) is 10.6. The highest BCUT2D eigenvalue weighted by atomic mass is 32.2. The second-order valence-electron chi connectivity index (χ2n) is 14.9. The number of benzene rings is 3. The molecule has 2 unspecified atom stereocenters. The Morgan fingerprint density at radius 2 is 1.36 bits per heavy atom. The van der Waals surface area contributed by atoms with E-state index in [1.54, 1.807) is 15.7 Å². The summed E-state index contributed by atoms with van der Waals surface area (Å²) in [5.41, 5.74) is -3.02. The molecule has 15 heteroatoms. The molecule has 59 heavy (non-hydrogen) atoms. The first-order valence-electron chi connectivity index (χ1n) is 19.7. The predicted molar refractivity (Wildman–Crippen MR) is 227 cm³/mol. The van der Waals surface area contributed by atoms with Gasteiger partial charge in [-0.2, -0.15) is 26.2 Å². The van der Waals surface area contributed by atoms with Gasteiger partial charge in [0.2, 0.25) is 21.4 Å². The van der Waals surface area contributed by atoms with Crippen LogP contribution >= 0.6 is 0 Å². The topological polar surface area (TPSA) is 139 Å². The Morgan fingerprint density at radius 3 is 1.86 bits per heavy atom. The van der Waals surface area contributed by atoms with Crippen LogP contribution in [0.3, 0.4) is 0 Å². The number of nitrogens with one attached hydrogen (secondary N) is 2. The van der Waals surface area contributed by atoms with Crippen LogP contribution in [0, 0.1) is 0 Å². The number of sulfonamides is 2. The number of rotatable bonds is 16. The average molecular weight is 853 g/mol. The molecular formula is C44H51F3N4O6S2. The van der Waals surface area contributed by atoms with Gasteiger partial charge < -0.3 is 10.0 Å². The summed E-state index contributed by atoms with van der Waals surface area (Å²) in [6.07, 6.45) is 8.80. The van der Waals surface area contributed by atoms with Crippen molar-refractivity contribution in [3.63, 3.8) is 0 Å². The molecule has 0 aromatic heterocycles. The van der Waals surface area contributed by atoms with Crippen LogP contribution in [0.2, 0.25) is 0 Å². The number of hydrogen-bond acceptors (Lipinski definition) is 7. The molecular weight excluding hydrogens is 802 g/mol. The number of alkyl halides is 3. The van der Waals surface area contributed by atoms with Crippen LogP contribution in [-0.4, -0.2) is 57.8 Å². The van der Waals surface area contributed by atoms with Gasteiger partial charge in [-0.3, -0.25) is 14.2 Å². The van der Waals surface area contributed by atoms with Gasteiger partial charge in [-0.15, -0.1) is 0 Å². The summed E-state index contributed by atoms with van der Waals surface area (Å²) in [6.45, 7) is 13.3. The van der Waals surface area contributed by atoms with Gasteiger partial charge in [0.25, 0.3) is 0 Å². The minimum Gasteiger partial charge on any atom is -0.871 e. The van der Waals surface area contributed by atoms with Crippen LogP contribution in [0.4, 0.5) is 35.9 Å². The van der Waals surface area contributed by atoms with Crippen LogP contribution in [0.25, 0.3) is 5.57 Å². The van der Waals surface area contributed by atoms with Crippen molar-refractivity contribution in [3.05, 3.63) is 124 Å². The molecule has 2 N–H and O–H groups in total. The third-order valence-corrected chi connectivity index (χ3v) is 12.3. The van der Waals surface area contributed by atoms with Crippen molar-refractivity contribution in [2.24, 2.45) is 0 Å². The molecule has 2 atom stereocenters. The van der Waals surface area contributed by atoms with E-state index in [1.807, 2.05) is 67.0 Å². The van der Waals surface area contributed by atoms with E-state index in [-0.39, 0.29) is 16.8 Å². The number of carbonyl (C=O) groups is 1. The molecule has 0 saturated heterocycles. The number of carbonyl (C=O) groups excluding carboxylic acids is 1. The molecule has 3 aromatic rings. The molecule has 0 spiro atoms. The molecule has 0 saturated carbocycles. The summed E-state index contributed by atoms with van der Waals surface area (Å²) in [6, 6.07) is 19.6. The van der Waals surface area contributed by atoms with Crippen molar-refractivity contribution in [1.29, 1.82) is 0 Å². The Kier molecular flexibility index (Phi) is 13.7. The smallest absolute Gasteiger partial charge is 0.516 e. The average Bonchev–Trinajstić information content (AvgIpc) is 3.19. The van der Waals surface area contributed by atoms with Gasteiger partial charge in [-0.05, 0) is 72.6 Å². The fraction of sp³-hybridized carbons (Fsp3) is 0.364. The van der Waals surface area contributed by atoms with Gasteiger partial charge in [0, 0.05) is 70.9 Å². The molecule has 10 nitrogen and oxygen atoms in total.